The number of nitrogens with zero attached hydrogens (tertiary/aromatic N) is 6. The molecule has 0 spiro atoms. The third-order valence-electron chi connectivity index (χ3n) is 6.54. The van der Waals surface area contributed by atoms with Crippen molar-refractivity contribution >= 4 is 5.91 Å². The van der Waals surface area contributed by atoms with Crippen molar-refractivity contribution in [1.29, 1.82) is 5.26 Å². The molecule has 3 heterocycles. The smallest absolute Gasteiger partial charge is 0.255 e. The maximum absolute atomic E-state index is 13.0. The SMILES string of the molecule is Cc1cccc(C#N)c1-c1nn(-c2ccc(C(=O)N3CCN(C4CC4)[C@@H](C)C3)cn2)cc1O. The van der Waals surface area contributed by atoms with Crippen LogP contribution in [0.5, 0.6) is 5.75 Å². The molecule has 8 nitrogen and oxygen atoms in total. The largest absolute Gasteiger partial charge is 0.504 e. The Morgan fingerprint density at radius 2 is 2.03 bits per heavy atom. The van der Waals surface area contributed by atoms with Crippen LogP contribution in [0.3, 0.4) is 0 Å². The molecule has 1 aliphatic carbocycles. The highest BCUT2D eigenvalue weighted by Gasteiger charge is 2.36. The molecule has 0 radical (unpaired) electrons. The van der Waals surface area contributed by atoms with Crippen LogP contribution in [0.1, 0.15) is 41.3 Å². The summed E-state index contributed by atoms with van der Waals surface area (Å²) >= 11 is 0. The minimum absolute atomic E-state index is 0.0149. The number of aryl methyl sites for hydroxylation is 1. The van der Waals surface area contributed by atoms with Crippen molar-refractivity contribution in [1.82, 2.24) is 24.6 Å². The lowest BCUT2D eigenvalue weighted by molar-refractivity contribution is 0.0493. The number of benzene rings is 1. The Labute approximate surface area is 192 Å². The molecule has 1 N–H and O–H groups in total. The maximum Gasteiger partial charge on any atom is 0.255 e. The van der Waals surface area contributed by atoms with Crippen LogP contribution in [-0.2, 0) is 0 Å². The van der Waals surface area contributed by atoms with E-state index in [4.69, 9.17) is 0 Å². The number of aromatic hydroxyl groups is 1. The molecule has 0 bridgehead atoms. The molecule has 1 aromatic carbocycles. The van der Waals surface area contributed by atoms with Gasteiger partial charge in [0.1, 0.15) is 5.69 Å². The molecule has 1 amide bonds. The van der Waals surface area contributed by atoms with E-state index >= 15 is 0 Å². The number of carbonyl (C=O) groups excluding carboxylic acids is 1. The molecular weight excluding hydrogens is 416 g/mol. The molecule has 3 aromatic rings. The molecule has 8 heteroatoms. The summed E-state index contributed by atoms with van der Waals surface area (Å²) in [6.07, 6.45) is 5.57. The zero-order chi connectivity index (χ0) is 23.1. The fraction of sp³-hybridized carbons (Fsp3) is 0.360. The lowest BCUT2D eigenvalue weighted by Crippen LogP contribution is -2.54. The van der Waals surface area contributed by atoms with E-state index in [1.54, 1.807) is 30.5 Å². The highest BCUT2D eigenvalue weighted by molar-refractivity contribution is 5.94. The van der Waals surface area contributed by atoms with Crippen molar-refractivity contribution in [2.24, 2.45) is 0 Å². The summed E-state index contributed by atoms with van der Waals surface area (Å²) in [5, 5.41) is 24.4. The highest BCUT2D eigenvalue weighted by Crippen LogP contribution is 2.33. The van der Waals surface area contributed by atoms with Gasteiger partial charge < -0.3 is 10.0 Å². The average molecular weight is 443 g/mol. The summed E-state index contributed by atoms with van der Waals surface area (Å²) in [5.41, 5.74) is 2.75. The summed E-state index contributed by atoms with van der Waals surface area (Å²) in [6.45, 7) is 6.44. The van der Waals surface area contributed by atoms with Crippen LogP contribution in [0.25, 0.3) is 17.1 Å². The van der Waals surface area contributed by atoms with E-state index in [2.05, 4.69) is 28.0 Å². The number of piperazine rings is 1. The van der Waals surface area contributed by atoms with Gasteiger partial charge in [-0.1, -0.05) is 12.1 Å². The van der Waals surface area contributed by atoms with Gasteiger partial charge in [-0.05, 0) is 50.5 Å². The van der Waals surface area contributed by atoms with Gasteiger partial charge >= 0.3 is 0 Å². The van der Waals surface area contributed by atoms with Crippen molar-refractivity contribution in [3.8, 4) is 28.9 Å². The minimum atomic E-state index is -0.0368. The Balaban J connectivity index is 1.35. The van der Waals surface area contributed by atoms with Crippen LogP contribution < -0.4 is 0 Å². The van der Waals surface area contributed by atoms with Crippen molar-refractivity contribution in [2.45, 2.75) is 38.8 Å². The van der Waals surface area contributed by atoms with E-state index in [0.29, 0.717) is 40.3 Å². The summed E-state index contributed by atoms with van der Waals surface area (Å²) in [5.74, 6) is 0.427. The number of rotatable bonds is 4. The van der Waals surface area contributed by atoms with Crippen LogP contribution in [-0.4, -0.2) is 67.3 Å². The van der Waals surface area contributed by atoms with Crippen molar-refractivity contribution < 1.29 is 9.90 Å². The Hall–Kier alpha value is -3.70. The molecule has 1 saturated heterocycles. The Kier molecular flexibility index (Phi) is 5.35. The fourth-order valence-electron chi connectivity index (χ4n) is 4.67. The van der Waals surface area contributed by atoms with Gasteiger partial charge in [0.25, 0.3) is 5.91 Å². The second-order valence-electron chi connectivity index (χ2n) is 8.89. The molecule has 1 atom stereocenters. The monoisotopic (exact) mass is 442 g/mol. The van der Waals surface area contributed by atoms with Gasteiger partial charge in [0, 0.05) is 43.5 Å². The number of carbonyl (C=O) groups is 1. The normalized spacial score (nSPS) is 18.8. The molecule has 168 valence electrons. The quantitative estimate of drug-likeness (QED) is 0.667. The topological polar surface area (TPSA) is 98.3 Å². The lowest BCUT2D eigenvalue weighted by Gasteiger charge is -2.40. The first kappa shape index (κ1) is 21.2. The zero-order valence-corrected chi connectivity index (χ0v) is 18.8. The standard InChI is InChI=1S/C25H26N6O2/c1-16-4-3-5-18(12-26)23(16)24-21(32)15-31(28-24)22-9-6-19(13-27-22)25(33)29-10-11-30(17(2)14-29)20-7-8-20/h3-6,9,13,15,17,20,32H,7-8,10-11,14H2,1-2H3/t17-/m0/s1. The number of aromatic nitrogens is 3. The van der Waals surface area contributed by atoms with E-state index in [1.807, 2.05) is 17.9 Å². The van der Waals surface area contributed by atoms with Crippen LogP contribution in [0, 0.1) is 18.3 Å². The summed E-state index contributed by atoms with van der Waals surface area (Å²) in [4.78, 5) is 21.8. The van der Waals surface area contributed by atoms with Gasteiger partial charge in [-0.25, -0.2) is 9.67 Å². The van der Waals surface area contributed by atoms with Crippen molar-refractivity contribution in [2.75, 3.05) is 19.6 Å². The number of nitriles is 1. The Morgan fingerprint density at radius 1 is 1.21 bits per heavy atom. The van der Waals surface area contributed by atoms with Gasteiger partial charge in [-0.15, -0.1) is 0 Å². The van der Waals surface area contributed by atoms with Crippen molar-refractivity contribution in [3.63, 3.8) is 0 Å². The molecular formula is C25H26N6O2. The van der Waals surface area contributed by atoms with Gasteiger partial charge in [0.05, 0.1) is 23.4 Å². The predicted octanol–water partition coefficient (Wildman–Crippen LogP) is 3.13. The number of hydrogen-bond donors (Lipinski definition) is 1. The molecule has 5 rings (SSSR count). The van der Waals surface area contributed by atoms with E-state index in [0.717, 1.165) is 25.2 Å². The number of amides is 1. The highest BCUT2D eigenvalue weighted by atomic mass is 16.3. The molecule has 1 saturated carbocycles. The zero-order valence-electron chi connectivity index (χ0n) is 18.8. The fourth-order valence-corrected chi connectivity index (χ4v) is 4.67. The third kappa shape index (κ3) is 3.96. The van der Waals surface area contributed by atoms with Crippen LogP contribution >= 0.6 is 0 Å². The number of hydrogen-bond acceptors (Lipinski definition) is 6. The van der Waals surface area contributed by atoms with Crippen molar-refractivity contribution in [3.05, 3.63) is 59.4 Å². The summed E-state index contributed by atoms with van der Waals surface area (Å²) < 4.78 is 1.46. The van der Waals surface area contributed by atoms with E-state index in [9.17, 15) is 15.2 Å². The van der Waals surface area contributed by atoms with Crippen LogP contribution in [0.15, 0.2) is 42.7 Å². The van der Waals surface area contributed by atoms with Gasteiger partial charge in [-0.2, -0.15) is 10.4 Å². The first-order valence-corrected chi connectivity index (χ1v) is 11.3. The lowest BCUT2D eigenvalue weighted by atomic mass is 10.00. The molecule has 33 heavy (non-hydrogen) atoms. The first-order chi connectivity index (χ1) is 16.0. The second kappa shape index (κ2) is 8.34. The van der Waals surface area contributed by atoms with E-state index in [-0.39, 0.29) is 11.7 Å². The molecule has 0 unspecified atom stereocenters. The number of pyridine rings is 1. The minimum Gasteiger partial charge on any atom is -0.504 e. The molecule has 2 fully saturated rings. The average Bonchev–Trinajstić information content (AvgIpc) is 3.60. The second-order valence-corrected chi connectivity index (χ2v) is 8.89. The molecule has 2 aromatic heterocycles. The van der Waals surface area contributed by atoms with Gasteiger partial charge in [0.15, 0.2) is 11.6 Å². The Bertz CT molecular complexity index is 1240. The van der Waals surface area contributed by atoms with Crippen LogP contribution in [0.2, 0.25) is 0 Å². The maximum atomic E-state index is 13.0. The summed E-state index contributed by atoms with van der Waals surface area (Å²) in [6, 6.07) is 12.1. The third-order valence-corrected chi connectivity index (χ3v) is 6.54. The van der Waals surface area contributed by atoms with Gasteiger partial charge in [-0.3, -0.25) is 9.69 Å². The van der Waals surface area contributed by atoms with Crippen LogP contribution in [0.4, 0.5) is 0 Å². The first-order valence-electron chi connectivity index (χ1n) is 11.3. The Morgan fingerprint density at radius 3 is 2.70 bits per heavy atom. The molecule has 2 aliphatic rings. The van der Waals surface area contributed by atoms with E-state index < -0.39 is 0 Å². The van der Waals surface area contributed by atoms with E-state index in [1.165, 1.54) is 23.7 Å². The van der Waals surface area contributed by atoms with Gasteiger partial charge in [0.2, 0.25) is 0 Å². The molecule has 1 aliphatic heterocycles. The summed E-state index contributed by atoms with van der Waals surface area (Å²) in [7, 11) is 0. The predicted molar refractivity (Wildman–Crippen MR) is 123 cm³/mol.